The lowest BCUT2D eigenvalue weighted by Gasteiger charge is -2.28. The van der Waals surface area contributed by atoms with E-state index in [0.29, 0.717) is 31.5 Å². The molecule has 0 aliphatic rings. The van der Waals surface area contributed by atoms with Gasteiger partial charge in [0.1, 0.15) is 6.04 Å². The Morgan fingerprint density at radius 1 is 1.36 bits per heavy atom. The molecule has 7 nitrogen and oxygen atoms in total. The first kappa shape index (κ1) is 17.5. The summed E-state index contributed by atoms with van der Waals surface area (Å²) in [5, 5.41) is 19.1. The molecule has 0 saturated carbocycles. The maximum absolute atomic E-state index is 12.5. The lowest BCUT2D eigenvalue weighted by Crippen LogP contribution is -2.45. The van der Waals surface area contributed by atoms with E-state index in [-0.39, 0.29) is 11.9 Å². The number of amides is 1. The second-order valence-electron chi connectivity index (χ2n) is 4.79. The number of nitrogens with two attached hydrogens (primary N) is 1. The molecule has 0 fully saturated rings. The first-order valence-corrected chi connectivity index (χ1v) is 7.14. The van der Waals surface area contributed by atoms with E-state index in [2.05, 4.69) is 5.32 Å². The van der Waals surface area contributed by atoms with Crippen molar-refractivity contribution in [3.05, 3.63) is 35.9 Å². The lowest BCUT2D eigenvalue weighted by molar-refractivity contribution is -0.142. The third-order valence-electron chi connectivity index (χ3n) is 3.25. The molecule has 1 atom stereocenters. The Morgan fingerprint density at radius 3 is 2.50 bits per heavy atom. The highest BCUT2D eigenvalue weighted by Crippen LogP contribution is 2.13. The predicted octanol–water partition coefficient (Wildman–Crippen LogP) is 0.865. The van der Waals surface area contributed by atoms with Crippen LogP contribution < -0.4 is 11.1 Å². The number of benzene rings is 1. The standard InChI is InChI=1S/C15H22N4O3/c1-2-19(13(20)11-7-4-3-5-8-11)12(14(21)22)9-6-10-18-15(16)17/h3-5,7-8,12H,2,6,9-10H2,1H3,(H,21,22)(H4,16,17,18). The van der Waals surface area contributed by atoms with Gasteiger partial charge in [0.15, 0.2) is 5.96 Å². The molecule has 7 heteroatoms. The molecule has 1 unspecified atom stereocenters. The molecule has 1 aromatic rings. The molecule has 1 rings (SSSR count). The van der Waals surface area contributed by atoms with Crippen LogP contribution in [0.15, 0.2) is 30.3 Å². The molecule has 0 aromatic heterocycles. The number of hydrogen-bond donors (Lipinski definition) is 4. The van der Waals surface area contributed by atoms with E-state index in [1.54, 1.807) is 37.3 Å². The van der Waals surface area contributed by atoms with Crippen LogP contribution in [-0.4, -0.2) is 47.0 Å². The number of guanidine groups is 1. The predicted molar refractivity (Wildman–Crippen MR) is 83.7 cm³/mol. The molecular weight excluding hydrogens is 284 g/mol. The van der Waals surface area contributed by atoms with Crippen LogP contribution in [0.2, 0.25) is 0 Å². The highest BCUT2D eigenvalue weighted by atomic mass is 16.4. The molecule has 0 heterocycles. The molecular formula is C15H22N4O3. The highest BCUT2D eigenvalue weighted by Gasteiger charge is 2.28. The number of hydrogen-bond acceptors (Lipinski definition) is 3. The molecule has 0 spiro atoms. The number of carbonyl (C=O) groups excluding carboxylic acids is 1. The fourth-order valence-electron chi connectivity index (χ4n) is 2.18. The minimum atomic E-state index is -1.03. The molecule has 1 aromatic carbocycles. The summed E-state index contributed by atoms with van der Waals surface area (Å²) in [4.78, 5) is 25.3. The normalized spacial score (nSPS) is 11.5. The molecule has 1 amide bonds. The van der Waals surface area contributed by atoms with Crippen molar-refractivity contribution >= 4 is 17.8 Å². The molecule has 120 valence electrons. The van der Waals surface area contributed by atoms with E-state index in [0.717, 1.165) is 0 Å². The number of likely N-dealkylation sites (N-methyl/N-ethyl adjacent to an activating group) is 1. The maximum Gasteiger partial charge on any atom is 0.326 e. The van der Waals surface area contributed by atoms with E-state index in [9.17, 15) is 14.7 Å². The summed E-state index contributed by atoms with van der Waals surface area (Å²) >= 11 is 0. The summed E-state index contributed by atoms with van der Waals surface area (Å²) in [5.41, 5.74) is 5.64. The highest BCUT2D eigenvalue weighted by molar-refractivity contribution is 5.96. The number of carboxylic acids is 1. The Balaban J connectivity index is 2.76. The van der Waals surface area contributed by atoms with Gasteiger partial charge >= 0.3 is 5.97 Å². The van der Waals surface area contributed by atoms with E-state index in [1.807, 2.05) is 0 Å². The molecule has 5 N–H and O–H groups in total. The number of aliphatic carboxylic acids is 1. The molecule has 22 heavy (non-hydrogen) atoms. The van der Waals surface area contributed by atoms with Crippen molar-refractivity contribution in [3.8, 4) is 0 Å². The van der Waals surface area contributed by atoms with Gasteiger partial charge in [-0.05, 0) is 31.9 Å². The van der Waals surface area contributed by atoms with Gasteiger partial charge in [-0.15, -0.1) is 0 Å². The van der Waals surface area contributed by atoms with Crippen molar-refractivity contribution in [1.82, 2.24) is 10.2 Å². The maximum atomic E-state index is 12.5. The summed E-state index contributed by atoms with van der Waals surface area (Å²) < 4.78 is 0. The van der Waals surface area contributed by atoms with Crippen LogP contribution in [-0.2, 0) is 4.79 Å². The third kappa shape index (κ3) is 5.08. The second kappa shape index (κ2) is 8.66. The Morgan fingerprint density at radius 2 is 2.00 bits per heavy atom. The monoisotopic (exact) mass is 306 g/mol. The Kier molecular flexibility index (Phi) is 6.88. The van der Waals surface area contributed by atoms with Crippen molar-refractivity contribution in [3.63, 3.8) is 0 Å². The summed E-state index contributed by atoms with van der Waals surface area (Å²) in [6, 6.07) is 7.73. The van der Waals surface area contributed by atoms with Crippen LogP contribution in [0, 0.1) is 5.41 Å². The van der Waals surface area contributed by atoms with Crippen LogP contribution in [0.4, 0.5) is 0 Å². The van der Waals surface area contributed by atoms with Gasteiger partial charge in [0, 0.05) is 18.7 Å². The fourth-order valence-corrected chi connectivity index (χ4v) is 2.18. The van der Waals surface area contributed by atoms with Gasteiger partial charge in [-0.3, -0.25) is 10.2 Å². The molecule has 0 aliphatic heterocycles. The minimum absolute atomic E-state index is 0.153. The lowest BCUT2D eigenvalue weighted by atomic mass is 10.1. The van der Waals surface area contributed by atoms with Crippen LogP contribution in [0.3, 0.4) is 0 Å². The first-order chi connectivity index (χ1) is 10.5. The number of carbonyl (C=O) groups is 2. The average Bonchev–Trinajstić information content (AvgIpc) is 2.50. The van der Waals surface area contributed by atoms with Crippen molar-refractivity contribution in [2.24, 2.45) is 5.73 Å². The van der Waals surface area contributed by atoms with Crippen LogP contribution in [0.25, 0.3) is 0 Å². The Bertz CT molecular complexity index is 519. The minimum Gasteiger partial charge on any atom is -0.480 e. The smallest absolute Gasteiger partial charge is 0.326 e. The summed E-state index contributed by atoms with van der Waals surface area (Å²) in [6.45, 7) is 2.46. The van der Waals surface area contributed by atoms with Crippen molar-refractivity contribution < 1.29 is 14.7 Å². The van der Waals surface area contributed by atoms with Gasteiger partial charge in [0.05, 0.1) is 0 Å². The summed E-state index contributed by atoms with van der Waals surface area (Å²) in [6.07, 6.45) is 0.789. The van der Waals surface area contributed by atoms with Gasteiger partial charge in [-0.2, -0.15) is 0 Å². The van der Waals surface area contributed by atoms with E-state index >= 15 is 0 Å². The van der Waals surface area contributed by atoms with Gasteiger partial charge in [0.25, 0.3) is 5.91 Å². The van der Waals surface area contributed by atoms with Gasteiger partial charge in [-0.25, -0.2) is 4.79 Å². The second-order valence-corrected chi connectivity index (χ2v) is 4.79. The zero-order chi connectivity index (χ0) is 16.5. The number of rotatable bonds is 8. The summed E-state index contributed by atoms with van der Waals surface area (Å²) in [5.74, 6) is -1.48. The van der Waals surface area contributed by atoms with Crippen LogP contribution >= 0.6 is 0 Å². The average molecular weight is 306 g/mol. The zero-order valence-corrected chi connectivity index (χ0v) is 12.6. The van der Waals surface area contributed by atoms with Gasteiger partial charge < -0.3 is 21.1 Å². The number of nitrogens with zero attached hydrogens (tertiary/aromatic N) is 1. The molecule has 0 radical (unpaired) electrons. The first-order valence-electron chi connectivity index (χ1n) is 7.14. The van der Waals surface area contributed by atoms with E-state index in [4.69, 9.17) is 11.1 Å². The SMILES string of the molecule is CCN(C(=O)c1ccccc1)C(CCCNC(=N)N)C(=O)O. The quantitative estimate of drug-likeness (QED) is 0.323. The van der Waals surface area contributed by atoms with Crippen LogP contribution in [0.1, 0.15) is 30.1 Å². The third-order valence-corrected chi connectivity index (χ3v) is 3.25. The molecule has 0 bridgehead atoms. The van der Waals surface area contributed by atoms with Gasteiger partial charge in [-0.1, -0.05) is 18.2 Å². The largest absolute Gasteiger partial charge is 0.480 e. The van der Waals surface area contributed by atoms with E-state index < -0.39 is 12.0 Å². The molecule has 0 aliphatic carbocycles. The fraction of sp³-hybridized carbons (Fsp3) is 0.400. The summed E-state index contributed by atoms with van der Waals surface area (Å²) in [7, 11) is 0. The zero-order valence-electron chi connectivity index (χ0n) is 12.6. The van der Waals surface area contributed by atoms with E-state index in [1.165, 1.54) is 4.90 Å². The Labute approximate surface area is 129 Å². The van der Waals surface area contributed by atoms with Crippen molar-refractivity contribution in [2.45, 2.75) is 25.8 Å². The van der Waals surface area contributed by atoms with Crippen LogP contribution in [0.5, 0.6) is 0 Å². The number of nitrogens with one attached hydrogen (secondary N) is 2. The van der Waals surface area contributed by atoms with Crippen molar-refractivity contribution in [1.29, 1.82) is 5.41 Å². The van der Waals surface area contributed by atoms with Gasteiger partial charge in [0.2, 0.25) is 0 Å². The Hall–Kier alpha value is -2.57. The topological polar surface area (TPSA) is 120 Å². The molecule has 0 saturated heterocycles. The van der Waals surface area contributed by atoms with Crippen molar-refractivity contribution in [2.75, 3.05) is 13.1 Å². The number of carboxylic acid groups (broad SMARTS) is 1.